The molecule has 2 fully saturated rings. The number of piperazine rings is 1. The number of thiophene rings is 1. The van der Waals surface area contributed by atoms with Gasteiger partial charge in [-0.25, -0.2) is 13.4 Å². The van der Waals surface area contributed by atoms with Gasteiger partial charge in [0.2, 0.25) is 10.0 Å². The SMILES string of the molecule is O=S(=O)(c1ccc(N2CCN(Cc3ccsc3)CC2)nc1)N1CCOCC1. The van der Waals surface area contributed by atoms with Crippen molar-refractivity contribution in [3.63, 3.8) is 0 Å². The smallest absolute Gasteiger partial charge is 0.244 e. The summed E-state index contributed by atoms with van der Waals surface area (Å²) < 4.78 is 32.1. The predicted molar refractivity (Wildman–Crippen MR) is 106 cm³/mol. The molecule has 4 heterocycles. The first-order chi connectivity index (χ1) is 13.1. The monoisotopic (exact) mass is 408 g/mol. The molecule has 0 radical (unpaired) electrons. The van der Waals surface area contributed by atoms with Gasteiger partial charge in [0, 0.05) is 52.0 Å². The Hall–Kier alpha value is -1.52. The topological polar surface area (TPSA) is 66.0 Å². The normalized spacial score (nSPS) is 20.1. The summed E-state index contributed by atoms with van der Waals surface area (Å²) in [5.74, 6) is 0.839. The zero-order valence-electron chi connectivity index (χ0n) is 15.2. The highest BCUT2D eigenvalue weighted by atomic mass is 32.2. The van der Waals surface area contributed by atoms with Gasteiger partial charge in [0.25, 0.3) is 0 Å². The number of aromatic nitrogens is 1. The zero-order valence-corrected chi connectivity index (χ0v) is 16.8. The minimum Gasteiger partial charge on any atom is -0.379 e. The molecule has 4 rings (SSSR count). The second-order valence-corrected chi connectivity index (χ2v) is 9.48. The Morgan fingerprint density at radius 1 is 1.04 bits per heavy atom. The fourth-order valence-electron chi connectivity index (χ4n) is 3.42. The summed E-state index contributed by atoms with van der Waals surface area (Å²) in [7, 11) is -3.48. The average Bonchev–Trinajstić information content (AvgIpc) is 3.22. The van der Waals surface area contributed by atoms with Crippen LogP contribution in [-0.4, -0.2) is 75.1 Å². The van der Waals surface area contributed by atoms with Gasteiger partial charge in [-0.15, -0.1) is 0 Å². The van der Waals surface area contributed by atoms with Crippen LogP contribution in [0.2, 0.25) is 0 Å². The molecule has 0 unspecified atom stereocenters. The van der Waals surface area contributed by atoms with Crippen LogP contribution in [0.1, 0.15) is 5.56 Å². The number of anilines is 1. The van der Waals surface area contributed by atoms with E-state index in [-0.39, 0.29) is 4.90 Å². The first-order valence-corrected chi connectivity index (χ1v) is 11.5. The highest BCUT2D eigenvalue weighted by Gasteiger charge is 2.27. The number of hydrogen-bond acceptors (Lipinski definition) is 7. The molecule has 0 aromatic carbocycles. The van der Waals surface area contributed by atoms with E-state index < -0.39 is 10.0 Å². The molecule has 0 aliphatic carbocycles. The van der Waals surface area contributed by atoms with Crippen LogP contribution in [0.3, 0.4) is 0 Å². The van der Waals surface area contributed by atoms with Gasteiger partial charge in [0.1, 0.15) is 10.7 Å². The molecule has 7 nitrogen and oxygen atoms in total. The summed E-state index contributed by atoms with van der Waals surface area (Å²) in [6, 6.07) is 5.67. The van der Waals surface area contributed by atoms with Crippen LogP contribution < -0.4 is 4.90 Å². The third-order valence-corrected chi connectivity index (χ3v) is 7.63. The van der Waals surface area contributed by atoms with E-state index in [0.29, 0.717) is 26.3 Å². The Labute approximate surface area is 164 Å². The van der Waals surface area contributed by atoms with Crippen molar-refractivity contribution in [1.29, 1.82) is 0 Å². The largest absolute Gasteiger partial charge is 0.379 e. The summed E-state index contributed by atoms with van der Waals surface area (Å²) in [6.45, 7) is 6.42. The Balaban J connectivity index is 1.36. The molecule has 2 aliphatic rings. The van der Waals surface area contributed by atoms with Crippen LogP contribution in [0.15, 0.2) is 40.1 Å². The van der Waals surface area contributed by atoms with E-state index >= 15 is 0 Å². The number of rotatable bonds is 5. The lowest BCUT2D eigenvalue weighted by Crippen LogP contribution is -2.46. The molecule has 0 atom stereocenters. The van der Waals surface area contributed by atoms with Gasteiger partial charge in [-0.1, -0.05) is 0 Å². The third kappa shape index (κ3) is 4.33. The van der Waals surface area contributed by atoms with Crippen LogP contribution in [0.25, 0.3) is 0 Å². The van der Waals surface area contributed by atoms with Gasteiger partial charge in [0.05, 0.1) is 13.2 Å². The highest BCUT2D eigenvalue weighted by Crippen LogP contribution is 2.20. The Morgan fingerprint density at radius 2 is 1.81 bits per heavy atom. The van der Waals surface area contributed by atoms with Crippen molar-refractivity contribution in [1.82, 2.24) is 14.2 Å². The molecule has 0 N–H and O–H groups in total. The Morgan fingerprint density at radius 3 is 2.44 bits per heavy atom. The quantitative estimate of drug-likeness (QED) is 0.747. The molecule has 0 spiro atoms. The van der Waals surface area contributed by atoms with Gasteiger partial charge >= 0.3 is 0 Å². The van der Waals surface area contributed by atoms with Crippen LogP contribution in [-0.2, 0) is 21.3 Å². The van der Waals surface area contributed by atoms with E-state index in [1.807, 2.05) is 6.07 Å². The molecule has 146 valence electrons. The first-order valence-electron chi connectivity index (χ1n) is 9.15. The number of hydrogen-bond donors (Lipinski definition) is 0. The average molecular weight is 409 g/mol. The fourth-order valence-corrected chi connectivity index (χ4v) is 5.44. The van der Waals surface area contributed by atoms with E-state index in [1.165, 1.54) is 16.1 Å². The molecule has 27 heavy (non-hydrogen) atoms. The summed E-state index contributed by atoms with van der Waals surface area (Å²) in [5.41, 5.74) is 1.37. The fraction of sp³-hybridized carbons (Fsp3) is 0.500. The maximum Gasteiger partial charge on any atom is 0.244 e. The van der Waals surface area contributed by atoms with E-state index in [9.17, 15) is 8.42 Å². The third-order valence-electron chi connectivity index (χ3n) is 5.01. The molecule has 9 heteroatoms. The lowest BCUT2D eigenvalue weighted by Gasteiger charge is -2.35. The maximum atomic E-state index is 12.7. The van der Waals surface area contributed by atoms with Crippen LogP contribution in [0.4, 0.5) is 5.82 Å². The first kappa shape index (κ1) is 18.8. The van der Waals surface area contributed by atoms with Crippen LogP contribution >= 0.6 is 11.3 Å². The molecule has 0 bridgehead atoms. The summed E-state index contributed by atoms with van der Waals surface area (Å²) >= 11 is 1.73. The Kier molecular flexibility index (Phi) is 5.74. The van der Waals surface area contributed by atoms with E-state index in [4.69, 9.17) is 4.74 Å². The lowest BCUT2D eigenvalue weighted by atomic mass is 10.2. The number of sulfonamides is 1. The van der Waals surface area contributed by atoms with Gasteiger partial charge in [0.15, 0.2) is 0 Å². The molecular formula is C18H24N4O3S2. The predicted octanol–water partition coefficient (Wildman–Crippen LogP) is 1.49. The number of morpholine rings is 1. The standard InChI is InChI=1S/C18H24N4O3S2/c23-27(24,22-8-10-25-11-9-22)17-1-2-18(19-13-17)21-6-4-20(5-7-21)14-16-3-12-26-15-16/h1-3,12-13,15H,4-11,14H2. The van der Waals surface area contributed by atoms with Gasteiger partial charge in [-0.3, -0.25) is 4.90 Å². The number of nitrogens with zero attached hydrogens (tertiary/aromatic N) is 4. The highest BCUT2D eigenvalue weighted by molar-refractivity contribution is 7.89. The van der Waals surface area contributed by atoms with Gasteiger partial charge < -0.3 is 9.64 Å². The Bertz CT molecular complexity index is 826. The van der Waals surface area contributed by atoms with Crippen molar-refractivity contribution >= 4 is 27.2 Å². The van der Waals surface area contributed by atoms with Crippen molar-refractivity contribution in [3.05, 3.63) is 40.7 Å². The molecule has 2 saturated heterocycles. The van der Waals surface area contributed by atoms with E-state index in [1.54, 1.807) is 17.4 Å². The zero-order chi connectivity index (χ0) is 18.7. The molecule has 0 amide bonds. The van der Waals surface area contributed by atoms with Crippen molar-refractivity contribution in [2.75, 3.05) is 57.4 Å². The van der Waals surface area contributed by atoms with Gasteiger partial charge in [-0.2, -0.15) is 15.6 Å². The molecule has 2 aromatic heterocycles. The minimum atomic E-state index is -3.48. The van der Waals surface area contributed by atoms with Crippen molar-refractivity contribution in [2.24, 2.45) is 0 Å². The summed E-state index contributed by atoms with van der Waals surface area (Å²) in [5, 5.41) is 4.31. The molecular weight excluding hydrogens is 384 g/mol. The second-order valence-electron chi connectivity index (χ2n) is 6.76. The second kappa shape index (κ2) is 8.24. The molecule has 2 aromatic rings. The van der Waals surface area contributed by atoms with Crippen LogP contribution in [0, 0.1) is 0 Å². The van der Waals surface area contributed by atoms with Crippen molar-refractivity contribution < 1.29 is 13.2 Å². The summed E-state index contributed by atoms with van der Waals surface area (Å²) in [4.78, 5) is 9.35. The van der Waals surface area contributed by atoms with E-state index in [0.717, 1.165) is 38.5 Å². The lowest BCUT2D eigenvalue weighted by molar-refractivity contribution is 0.0730. The van der Waals surface area contributed by atoms with Crippen molar-refractivity contribution in [2.45, 2.75) is 11.4 Å². The molecule has 2 aliphatic heterocycles. The summed E-state index contributed by atoms with van der Waals surface area (Å²) in [6.07, 6.45) is 1.48. The van der Waals surface area contributed by atoms with E-state index in [2.05, 4.69) is 31.6 Å². The minimum absolute atomic E-state index is 0.254. The number of pyridine rings is 1. The van der Waals surface area contributed by atoms with Gasteiger partial charge in [-0.05, 0) is 34.5 Å². The van der Waals surface area contributed by atoms with Crippen molar-refractivity contribution in [3.8, 4) is 0 Å². The number of ether oxygens (including phenoxy) is 1. The van der Waals surface area contributed by atoms with Crippen LogP contribution in [0.5, 0.6) is 0 Å². The maximum absolute atomic E-state index is 12.7. The molecule has 0 saturated carbocycles.